The molecule has 3 aliphatic heterocycles. The maximum Gasteiger partial charge on any atom is 0.344 e. The van der Waals surface area contributed by atoms with Gasteiger partial charge >= 0.3 is 6.03 Å². The summed E-state index contributed by atoms with van der Waals surface area (Å²) < 4.78 is 11.3. The van der Waals surface area contributed by atoms with Gasteiger partial charge in [-0.25, -0.2) is 4.79 Å². The van der Waals surface area contributed by atoms with Crippen LogP contribution in [0.4, 0.5) is 4.79 Å². The summed E-state index contributed by atoms with van der Waals surface area (Å²) in [6, 6.07) is 5.45. The van der Waals surface area contributed by atoms with Crippen molar-refractivity contribution in [1.29, 1.82) is 0 Å². The minimum Gasteiger partial charge on any atom is -0.486 e. The van der Waals surface area contributed by atoms with Gasteiger partial charge in [-0.05, 0) is 68.7 Å². The van der Waals surface area contributed by atoms with E-state index in [1.54, 1.807) is 0 Å². The third-order valence-electron chi connectivity index (χ3n) is 7.19. The van der Waals surface area contributed by atoms with Crippen LogP contribution in [0.3, 0.4) is 0 Å². The molecule has 0 aromatic heterocycles. The number of nitrogens with zero attached hydrogens (tertiary/aromatic N) is 2. The van der Waals surface area contributed by atoms with E-state index in [2.05, 4.69) is 22.6 Å². The van der Waals surface area contributed by atoms with Crippen molar-refractivity contribution in [3.63, 3.8) is 0 Å². The number of fused-ring (bicyclic) bond motifs is 1. The van der Waals surface area contributed by atoms with Crippen LogP contribution in [-0.2, 0) is 9.59 Å². The number of imide groups is 1. The molecule has 0 bridgehead atoms. The van der Waals surface area contributed by atoms with Crippen LogP contribution in [0.5, 0.6) is 11.5 Å². The van der Waals surface area contributed by atoms with Crippen LogP contribution < -0.4 is 20.2 Å². The molecule has 2 saturated heterocycles. The Balaban J connectivity index is 1.23. The first kappa shape index (κ1) is 21.1. The molecule has 2 N–H and O–H groups in total. The number of hydrogen-bond donors (Lipinski definition) is 2. The van der Waals surface area contributed by atoms with Crippen LogP contribution in [0.15, 0.2) is 18.2 Å². The Morgan fingerprint density at radius 1 is 1.16 bits per heavy atom. The second-order valence-electron chi connectivity index (χ2n) is 9.40. The molecule has 4 aliphatic rings. The van der Waals surface area contributed by atoms with E-state index in [1.807, 2.05) is 18.2 Å². The van der Waals surface area contributed by atoms with Gasteiger partial charge in [0.15, 0.2) is 11.5 Å². The number of hydrogen-bond acceptors (Lipinski definition) is 6. The van der Waals surface area contributed by atoms with E-state index in [1.165, 1.54) is 0 Å². The molecule has 1 spiro atoms. The highest BCUT2D eigenvalue weighted by molar-refractivity contribution is 6.08. The summed E-state index contributed by atoms with van der Waals surface area (Å²) in [5.74, 6) is 1.32. The van der Waals surface area contributed by atoms with E-state index >= 15 is 0 Å². The fraction of sp³-hybridized carbons (Fsp3) is 0.609. The number of likely N-dealkylation sites (tertiary alicyclic amines) is 1. The van der Waals surface area contributed by atoms with E-state index in [0.29, 0.717) is 32.0 Å². The Labute approximate surface area is 187 Å². The third-order valence-corrected chi connectivity index (χ3v) is 7.19. The highest BCUT2D eigenvalue weighted by atomic mass is 16.6. The number of carbonyl (C=O) groups excluding carboxylic acids is 3. The van der Waals surface area contributed by atoms with Crippen molar-refractivity contribution >= 4 is 17.8 Å². The number of benzene rings is 1. The Hall–Kier alpha value is -2.81. The Morgan fingerprint density at radius 2 is 1.91 bits per heavy atom. The molecule has 32 heavy (non-hydrogen) atoms. The minimum absolute atomic E-state index is 0.0749. The molecular formula is C23H30N4O5. The summed E-state index contributed by atoms with van der Waals surface area (Å²) in [6.45, 7) is 4.11. The molecule has 0 unspecified atom stereocenters. The molecular weight excluding hydrogens is 412 g/mol. The molecule has 1 aliphatic carbocycles. The number of nitrogens with one attached hydrogen (secondary N) is 2. The first-order valence-corrected chi connectivity index (χ1v) is 11.5. The second kappa shape index (κ2) is 8.27. The van der Waals surface area contributed by atoms with Crippen molar-refractivity contribution in [1.82, 2.24) is 20.7 Å². The molecule has 4 amide bonds. The number of rotatable bonds is 4. The smallest absolute Gasteiger partial charge is 0.344 e. The first-order valence-electron chi connectivity index (χ1n) is 11.5. The van der Waals surface area contributed by atoms with Gasteiger partial charge < -0.3 is 14.8 Å². The maximum absolute atomic E-state index is 13.0. The van der Waals surface area contributed by atoms with Gasteiger partial charge in [0, 0.05) is 6.04 Å². The number of urea groups is 1. The topological polar surface area (TPSA) is 100 Å². The lowest BCUT2D eigenvalue weighted by atomic mass is 9.77. The minimum atomic E-state index is -0.863. The molecule has 1 aromatic carbocycles. The maximum atomic E-state index is 13.0. The predicted octanol–water partition coefficient (Wildman–Crippen LogP) is 2.13. The van der Waals surface area contributed by atoms with Crippen LogP contribution in [0.25, 0.3) is 0 Å². The Bertz CT molecular complexity index is 927. The third kappa shape index (κ3) is 3.79. The second-order valence-corrected chi connectivity index (χ2v) is 9.40. The van der Waals surface area contributed by atoms with Crippen LogP contribution in [-0.4, -0.2) is 59.6 Å². The summed E-state index contributed by atoms with van der Waals surface area (Å²) in [7, 11) is 0. The molecule has 9 heteroatoms. The quantitative estimate of drug-likeness (QED) is 0.693. The van der Waals surface area contributed by atoms with E-state index in [-0.39, 0.29) is 24.4 Å². The number of hydrazine groups is 1. The van der Waals surface area contributed by atoms with Gasteiger partial charge in [0.2, 0.25) is 0 Å². The average molecular weight is 443 g/mol. The van der Waals surface area contributed by atoms with Crippen LogP contribution in [0.2, 0.25) is 0 Å². The first-order chi connectivity index (χ1) is 15.4. The molecule has 9 nitrogen and oxygen atoms in total. The fourth-order valence-electron chi connectivity index (χ4n) is 5.32. The molecule has 0 radical (unpaired) electrons. The van der Waals surface area contributed by atoms with Gasteiger partial charge in [0.25, 0.3) is 11.8 Å². The Morgan fingerprint density at radius 3 is 2.69 bits per heavy atom. The fourth-order valence-corrected chi connectivity index (χ4v) is 5.32. The zero-order chi connectivity index (χ0) is 22.3. The SMILES string of the molecule is CC1CCC2(CC1)NC(=O)N(NC(=O)CN1CCC[C@@H]1c1ccc3c(c1)OCCO3)C2=O. The lowest BCUT2D eigenvalue weighted by Gasteiger charge is -2.33. The number of ether oxygens (including phenoxy) is 2. The molecule has 1 atom stereocenters. The summed E-state index contributed by atoms with van der Waals surface area (Å²) in [5.41, 5.74) is 2.77. The van der Waals surface area contributed by atoms with Gasteiger partial charge in [-0.3, -0.25) is 19.9 Å². The molecule has 3 fully saturated rings. The highest BCUT2D eigenvalue weighted by Gasteiger charge is 2.53. The van der Waals surface area contributed by atoms with Crippen molar-refractivity contribution in [2.75, 3.05) is 26.3 Å². The lowest BCUT2D eigenvalue weighted by Crippen LogP contribution is -2.52. The van der Waals surface area contributed by atoms with Gasteiger partial charge in [-0.15, -0.1) is 0 Å². The summed E-state index contributed by atoms with van der Waals surface area (Å²) >= 11 is 0. The number of amides is 4. The monoisotopic (exact) mass is 442 g/mol. The van der Waals surface area contributed by atoms with Crippen molar-refractivity contribution in [3.05, 3.63) is 23.8 Å². The van der Waals surface area contributed by atoms with E-state index in [9.17, 15) is 14.4 Å². The van der Waals surface area contributed by atoms with E-state index < -0.39 is 11.6 Å². The average Bonchev–Trinajstić information content (AvgIpc) is 3.34. The van der Waals surface area contributed by atoms with Gasteiger partial charge in [-0.2, -0.15) is 5.01 Å². The van der Waals surface area contributed by atoms with Crippen molar-refractivity contribution in [2.45, 2.75) is 57.0 Å². The molecule has 5 rings (SSSR count). The summed E-state index contributed by atoms with van der Waals surface area (Å²) in [4.78, 5) is 40.3. The van der Waals surface area contributed by atoms with Crippen molar-refractivity contribution in [3.8, 4) is 11.5 Å². The summed E-state index contributed by atoms with van der Waals surface area (Å²) in [5, 5.41) is 3.72. The normalized spacial score (nSPS) is 30.0. The Kier molecular flexibility index (Phi) is 5.44. The molecule has 172 valence electrons. The van der Waals surface area contributed by atoms with E-state index in [0.717, 1.165) is 54.3 Å². The summed E-state index contributed by atoms with van der Waals surface area (Å²) in [6.07, 6.45) is 4.90. The lowest BCUT2D eigenvalue weighted by molar-refractivity contribution is -0.140. The largest absolute Gasteiger partial charge is 0.486 e. The standard InChI is InChI=1S/C23H30N4O5/c1-15-6-8-23(9-7-15)21(29)27(22(30)24-23)25-20(28)14-26-10-2-3-17(26)16-4-5-18-19(13-16)32-12-11-31-18/h4-5,13,15,17H,2-3,6-12,14H2,1H3,(H,24,30)(H,25,28)/t15?,17-,23?/m1/s1. The predicted molar refractivity (Wildman–Crippen MR) is 115 cm³/mol. The van der Waals surface area contributed by atoms with Crippen LogP contribution in [0, 0.1) is 5.92 Å². The van der Waals surface area contributed by atoms with Crippen molar-refractivity contribution < 1.29 is 23.9 Å². The van der Waals surface area contributed by atoms with Gasteiger partial charge in [0.05, 0.1) is 6.54 Å². The highest BCUT2D eigenvalue weighted by Crippen LogP contribution is 2.38. The van der Waals surface area contributed by atoms with E-state index in [4.69, 9.17) is 9.47 Å². The molecule has 1 aromatic rings. The molecule has 3 heterocycles. The van der Waals surface area contributed by atoms with Gasteiger partial charge in [-0.1, -0.05) is 13.0 Å². The molecule has 1 saturated carbocycles. The zero-order valence-corrected chi connectivity index (χ0v) is 18.4. The number of carbonyl (C=O) groups is 3. The van der Waals surface area contributed by atoms with Gasteiger partial charge in [0.1, 0.15) is 18.8 Å². The zero-order valence-electron chi connectivity index (χ0n) is 18.4. The van der Waals surface area contributed by atoms with Crippen molar-refractivity contribution in [2.24, 2.45) is 5.92 Å². The van der Waals surface area contributed by atoms with Crippen LogP contribution >= 0.6 is 0 Å². The van der Waals surface area contributed by atoms with Crippen LogP contribution in [0.1, 0.15) is 57.1 Å².